The second-order valence-corrected chi connectivity index (χ2v) is 8.48. The topological polar surface area (TPSA) is 99.2 Å². The van der Waals surface area contributed by atoms with Crippen LogP contribution in [0.25, 0.3) is 0 Å². The van der Waals surface area contributed by atoms with Gasteiger partial charge < -0.3 is 10.9 Å². The molecule has 0 bridgehead atoms. The molecule has 1 rings (SSSR count). The van der Waals surface area contributed by atoms with Crippen molar-refractivity contribution in [2.24, 2.45) is 16.3 Å². The Balaban J connectivity index is 2.48. The summed E-state index contributed by atoms with van der Waals surface area (Å²) in [4.78, 5) is 1.98. The first-order chi connectivity index (χ1) is 9.14. The molecule has 0 radical (unpaired) electrons. The maximum absolute atomic E-state index is 12.2. The maximum atomic E-state index is 12.2. The molecule has 7 nitrogen and oxygen atoms in total. The number of sulfonamides is 1. The SMILES string of the molecule is CC(C)(C)CCS(=O)(=O)N1CCN(CC(N)=NO)CC1. The van der Waals surface area contributed by atoms with Crippen molar-refractivity contribution in [2.45, 2.75) is 27.2 Å². The molecular formula is C12H26N4O3S. The Kier molecular flexibility index (Phi) is 5.79. The van der Waals surface area contributed by atoms with Crippen LogP contribution in [0.4, 0.5) is 0 Å². The Morgan fingerprint density at radius 2 is 1.80 bits per heavy atom. The van der Waals surface area contributed by atoms with Crippen molar-refractivity contribution in [1.82, 2.24) is 9.21 Å². The smallest absolute Gasteiger partial charge is 0.214 e. The largest absolute Gasteiger partial charge is 0.409 e. The summed E-state index contributed by atoms with van der Waals surface area (Å²) < 4.78 is 26.0. The summed E-state index contributed by atoms with van der Waals surface area (Å²) >= 11 is 0. The van der Waals surface area contributed by atoms with E-state index in [1.807, 2.05) is 25.7 Å². The molecule has 0 aromatic carbocycles. The average Bonchev–Trinajstić information content (AvgIpc) is 2.36. The Labute approximate surface area is 121 Å². The molecule has 1 fully saturated rings. The van der Waals surface area contributed by atoms with Crippen LogP contribution in [-0.4, -0.2) is 67.1 Å². The molecule has 1 saturated heterocycles. The lowest BCUT2D eigenvalue weighted by molar-refractivity contribution is 0.206. The lowest BCUT2D eigenvalue weighted by Gasteiger charge is -2.34. The van der Waals surface area contributed by atoms with Gasteiger partial charge in [0, 0.05) is 26.2 Å². The zero-order valence-corrected chi connectivity index (χ0v) is 13.4. The van der Waals surface area contributed by atoms with Gasteiger partial charge >= 0.3 is 0 Å². The van der Waals surface area contributed by atoms with E-state index in [9.17, 15) is 8.42 Å². The molecule has 20 heavy (non-hydrogen) atoms. The zero-order chi connectivity index (χ0) is 15.4. The van der Waals surface area contributed by atoms with Gasteiger partial charge in [0.1, 0.15) is 0 Å². The number of oxime groups is 1. The first-order valence-electron chi connectivity index (χ1n) is 6.81. The predicted octanol–water partition coefficient (Wildman–Crippen LogP) is 0.116. The summed E-state index contributed by atoms with van der Waals surface area (Å²) in [5.74, 6) is 0.338. The molecule has 0 saturated carbocycles. The number of amidine groups is 1. The molecule has 0 amide bonds. The highest BCUT2D eigenvalue weighted by molar-refractivity contribution is 7.89. The number of piperazine rings is 1. The number of nitrogens with two attached hydrogens (primary N) is 1. The van der Waals surface area contributed by atoms with Crippen LogP contribution < -0.4 is 5.73 Å². The summed E-state index contributed by atoms with van der Waals surface area (Å²) in [6, 6.07) is 0. The van der Waals surface area contributed by atoms with Crippen molar-refractivity contribution in [3.8, 4) is 0 Å². The van der Waals surface area contributed by atoms with E-state index in [1.165, 1.54) is 0 Å². The van der Waals surface area contributed by atoms with E-state index < -0.39 is 10.0 Å². The van der Waals surface area contributed by atoms with Gasteiger partial charge in [-0.2, -0.15) is 4.31 Å². The summed E-state index contributed by atoms with van der Waals surface area (Å²) in [5.41, 5.74) is 5.46. The van der Waals surface area contributed by atoms with Gasteiger partial charge in [0.15, 0.2) is 5.84 Å². The van der Waals surface area contributed by atoms with Crippen LogP contribution in [0, 0.1) is 5.41 Å². The summed E-state index contributed by atoms with van der Waals surface area (Å²) in [6.45, 7) is 8.62. The van der Waals surface area contributed by atoms with Gasteiger partial charge in [0.25, 0.3) is 0 Å². The minimum Gasteiger partial charge on any atom is -0.409 e. The summed E-state index contributed by atoms with van der Waals surface area (Å²) in [6.07, 6.45) is 0.652. The summed E-state index contributed by atoms with van der Waals surface area (Å²) in [7, 11) is -3.18. The molecule has 0 aromatic rings. The van der Waals surface area contributed by atoms with Crippen LogP contribution in [0.3, 0.4) is 0 Å². The molecule has 1 aliphatic heterocycles. The molecule has 0 unspecified atom stereocenters. The molecule has 0 aliphatic carbocycles. The highest BCUT2D eigenvalue weighted by Crippen LogP contribution is 2.20. The maximum Gasteiger partial charge on any atom is 0.214 e. The molecular weight excluding hydrogens is 280 g/mol. The van der Waals surface area contributed by atoms with Crippen molar-refractivity contribution >= 4 is 15.9 Å². The second kappa shape index (κ2) is 6.73. The van der Waals surface area contributed by atoms with Crippen LogP contribution in [0.15, 0.2) is 5.16 Å². The van der Waals surface area contributed by atoms with Crippen LogP contribution in [0.1, 0.15) is 27.2 Å². The quantitative estimate of drug-likeness (QED) is 0.325. The van der Waals surface area contributed by atoms with Crippen molar-refractivity contribution in [2.75, 3.05) is 38.5 Å². The fraction of sp³-hybridized carbons (Fsp3) is 0.917. The average molecular weight is 306 g/mol. The molecule has 0 spiro atoms. The van der Waals surface area contributed by atoms with Crippen molar-refractivity contribution in [3.05, 3.63) is 0 Å². The molecule has 8 heteroatoms. The van der Waals surface area contributed by atoms with Crippen LogP contribution in [0.2, 0.25) is 0 Å². The van der Waals surface area contributed by atoms with Gasteiger partial charge in [-0.25, -0.2) is 8.42 Å². The number of rotatable bonds is 5. The monoisotopic (exact) mass is 306 g/mol. The fourth-order valence-electron chi connectivity index (χ4n) is 1.99. The molecule has 1 heterocycles. The van der Waals surface area contributed by atoms with Crippen LogP contribution >= 0.6 is 0 Å². The van der Waals surface area contributed by atoms with E-state index in [2.05, 4.69) is 5.16 Å². The Morgan fingerprint density at radius 3 is 2.25 bits per heavy atom. The Hall–Kier alpha value is -0.860. The van der Waals surface area contributed by atoms with E-state index in [1.54, 1.807) is 4.31 Å². The van der Waals surface area contributed by atoms with Crippen LogP contribution in [0.5, 0.6) is 0 Å². The molecule has 3 N–H and O–H groups in total. The van der Waals surface area contributed by atoms with Crippen molar-refractivity contribution < 1.29 is 13.6 Å². The third kappa shape index (κ3) is 5.64. The van der Waals surface area contributed by atoms with E-state index in [4.69, 9.17) is 10.9 Å². The summed E-state index contributed by atoms with van der Waals surface area (Å²) in [5, 5.41) is 11.5. The molecule has 0 aromatic heterocycles. The van der Waals surface area contributed by atoms with E-state index >= 15 is 0 Å². The van der Waals surface area contributed by atoms with Gasteiger partial charge in [0.2, 0.25) is 10.0 Å². The first-order valence-corrected chi connectivity index (χ1v) is 8.41. The predicted molar refractivity (Wildman–Crippen MR) is 79.3 cm³/mol. The van der Waals surface area contributed by atoms with Gasteiger partial charge in [-0.1, -0.05) is 25.9 Å². The zero-order valence-electron chi connectivity index (χ0n) is 12.5. The minimum absolute atomic E-state index is 0.0148. The Morgan fingerprint density at radius 1 is 1.25 bits per heavy atom. The van der Waals surface area contributed by atoms with Crippen molar-refractivity contribution in [3.63, 3.8) is 0 Å². The molecule has 1 aliphatic rings. The third-order valence-corrected chi connectivity index (χ3v) is 5.22. The highest BCUT2D eigenvalue weighted by Gasteiger charge is 2.28. The Bertz CT molecular complexity index is 434. The lowest BCUT2D eigenvalue weighted by Crippen LogP contribution is -2.51. The standard InChI is InChI=1S/C12H26N4O3S/c1-12(2,3)4-9-20(18,19)16-7-5-15(6-8-16)10-11(13)14-17/h17H,4-10H2,1-3H3,(H2,13,14). The van der Waals surface area contributed by atoms with E-state index in [0.717, 1.165) is 0 Å². The van der Waals surface area contributed by atoms with Gasteiger partial charge in [-0.15, -0.1) is 0 Å². The second-order valence-electron chi connectivity index (χ2n) is 6.39. The van der Waals surface area contributed by atoms with Gasteiger partial charge in [0.05, 0.1) is 12.3 Å². The highest BCUT2D eigenvalue weighted by atomic mass is 32.2. The molecule has 118 valence electrons. The van der Waals surface area contributed by atoms with Gasteiger partial charge in [-0.05, 0) is 11.8 Å². The van der Waals surface area contributed by atoms with Crippen LogP contribution in [-0.2, 0) is 10.0 Å². The van der Waals surface area contributed by atoms with Crippen molar-refractivity contribution in [1.29, 1.82) is 0 Å². The van der Waals surface area contributed by atoms with E-state index in [0.29, 0.717) is 39.1 Å². The first kappa shape index (κ1) is 17.2. The fourth-order valence-corrected chi connectivity index (χ4v) is 3.84. The molecule has 0 atom stereocenters. The lowest BCUT2D eigenvalue weighted by atomic mass is 9.94. The normalized spacial score (nSPS) is 20.2. The number of hydrogen-bond donors (Lipinski definition) is 2. The van der Waals surface area contributed by atoms with Gasteiger partial charge in [-0.3, -0.25) is 4.90 Å². The number of nitrogens with zero attached hydrogens (tertiary/aromatic N) is 3. The number of hydrogen-bond acceptors (Lipinski definition) is 5. The van der Waals surface area contributed by atoms with E-state index in [-0.39, 0.29) is 17.0 Å². The minimum atomic E-state index is -3.18. The third-order valence-electron chi connectivity index (χ3n) is 3.35.